The van der Waals surface area contributed by atoms with Crippen LogP contribution in [0.15, 0.2) is 18.2 Å². The molecule has 4 nitrogen and oxygen atoms in total. The number of aromatic nitrogens is 1. The van der Waals surface area contributed by atoms with Crippen LogP contribution in [-0.4, -0.2) is 28.1 Å². The van der Waals surface area contributed by atoms with Gasteiger partial charge >= 0.3 is 0 Å². The van der Waals surface area contributed by atoms with Crippen molar-refractivity contribution in [3.05, 3.63) is 29.6 Å². The van der Waals surface area contributed by atoms with Gasteiger partial charge in [0.2, 0.25) is 0 Å². The Morgan fingerprint density at radius 3 is 2.87 bits per heavy atom. The van der Waals surface area contributed by atoms with E-state index in [1.807, 2.05) is 19.1 Å². The highest BCUT2D eigenvalue weighted by Crippen LogP contribution is 2.19. The lowest BCUT2D eigenvalue weighted by Crippen LogP contribution is -2.46. The zero-order valence-electron chi connectivity index (χ0n) is 8.60. The minimum atomic E-state index is -0.249. The van der Waals surface area contributed by atoms with E-state index < -0.39 is 0 Å². The van der Waals surface area contributed by atoms with Gasteiger partial charge in [-0.15, -0.1) is 0 Å². The predicted octanol–water partition coefficient (Wildman–Crippen LogP) is 0.643. The first-order valence-corrected chi connectivity index (χ1v) is 5.08. The third-order valence-electron chi connectivity index (χ3n) is 2.57. The monoisotopic (exact) mass is 206 g/mol. The van der Waals surface area contributed by atoms with Crippen molar-refractivity contribution in [1.29, 1.82) is 0 Å². The molecule has 0 saturated heterocycles. The van der Waals surface area contributed by atoms with Gasteiger partial charge in [-0.3, -0.25) is 4.79 Å². The third kappa shape index (κ3) is 2.33. The lowest BCUT2D eigenvalue weighted by molar-refractivity contribution is 0.0560. The minimum absolute atomic E-state index is 0.106. The number of carbonyl (C=O) groups excluding carboxylic acids is 1. The van der Waals surface area contributed by atoms with Crippen molar-refractivity contribution in [2.24, 2.45) is 0 Å². The van der Waals surface area contributed by atoms with Crippen LogP contribution < -0.4 is 5.32 Å². The maximum absolute atomic E-state index is 11.7. The Morgan fingerprint density at radius 2 is 2.27 bits per heavy atom. The molecule has 4 heteroatoms. The summed E-state index contributed by atoms with van der Waals surface area (Å²) >= 11 is 0. The molecule has 1 aliphatic carbocycles. The number of hydrogen-bond donors (Lipinski definition) is 2. The molecule has 2 N–H and O–H groups in total. The van der Waals surface area contributed by atoms with Crippen molar-refractivity contribution in [3.8, 4) is 0 Å². The van der Waals surface area contributed by atoms with E-state index in [4.69, 9.17) is 5.11 Å². The number of nitrogens with one attached hydrogen (secondary N) is 1. The van der Waals surface area contributed by atoms with E-state index in [2.05, 4.69) is 10.3 Å². The molecule has 0 bridgehead atoms. The molecule has 1 saturated carbocycles. The second-order valence-corrected chi connectivity index (χ2v) is 3.96. The van der Waals surface area contributed by atoms with E-state index in [0.717, 1.165) is 5.69 Å². The number of amides is 1. The zero-order valence-corrected chi connectivity index (χ0v) is 8.60. The van der Waals surface area contributed by atoms with Crippen LogP contribution in [0.3, 0.4) is 0 Å². The molecular formula is C11H14N2O2. The standard InChI is InChI=1S/C11H14N2O2/c1-7-3-2-4-10(12-7)11(15)13-8-5-9(14)6-8/h2-4,8-9,14H,5-6H2,1H3,(H,13,15). The molecule has 1 aromatic heterocycles. The quantitative estimate of drug-likeness (QED) is 0.746. The smallest absolute Gasteiger partial charge is 0.270 e. The van der Waals surface area contributed by atoms with Gasteiger partial charge in [0.15, 0.2) is 0 Å². The number of carbonyl (C=O) groups is 1. The van der Waals surface area contributed by atoms with Gasteiger partial charge in [-0.25, -0.2) is 4.98 Å². The van der Waals surface area contributed by atoms with Crippen molar-refractivity contribution in [2.75, 3.05) is 0 Å². The lowest BCUT2D eigenvalue weighted by atomic mass is 9.89. The summed E-state index contributed by atoms with van der Waals surface area (Å²) in [5, 5.41) is 11.9. The van der Waals surface area contributed by atoms with Crippen molar-refractivity contribution >= 4 is 5.91 Å². The minimum Gasteiger partial charge on any atom is -0.393 e. The summed E-state index contributed by atoms with van der Waals surface area (Å²) in [6.45, 7) is 1.85. The molecule has 1 amide bonds. The van der Waals surface area contributed by atoms with Crippen molar-refractivity contribution in [1.82, 2.24) is 10.3 Å². The molecule has 0 spiro atoms. The van der Waals surface area contributed by atoms with Crippen molar-refractivity contribution in [3.63, 3.8) is 0 Å². The Kier molecular flexibility index (Phi) is 2.68. The van der Waals surface area contributed by atoms with Gasteiger partial charge < -0.3 is 10.4 Å². The Bertz CT molecular complexity index is 373. The summed E-state index contributed by atoms with van der Waals surface area (Å²) in [6.07, 6.45) is 1.05. The van der Waals surface area contributed by atoms with E-state index >= 15 is 0 Å². The van der Waals surface area contributed by atoms with Crippen LogP contribution in [0, 0.1) is 6.92 Å². The van der Waals surface area contributed by atoms with Crippen molar-refractivity contribution in [2.45, 2.75) is 31.9 Å². The summed E-state index contributed by atoms with van der Waals surface area (Å²) in [5.41, 5.74) is 1.27. The van der Waals surface area contributed by atoms with Crippen LogP contribution >= 0.6 is 0 Å². The molecular weight excluding hydrogens is 192 g/mol. The Hall–Kier alpha value is -1.42. The van der Waals surface area contributed by atoms with E-state index in [1.165, 1.54) is 0 Å². The Morgan fingerprint density at radius 1 is 1.53 bits per heavy atom. The second-order valence-electron chi connectivity index (χ2n) is 3.96. The van der Waals surface area contributed by atoms with Gasteiger partial charge in [-0.05, 0) is 31.9 Å². The molecule has 0 unspecified atom stereocenters. The largest absolute Gasteiger partial charge is 0.393 e. The Balaban J connectivity index is 1.96. The summed E-state index contributed by atoms with van der Waals surface area (Å²) in [4.78, 5) is 15.8. The van der Waals surface area contributed by atoms with Gasteiger partial charge in [0.05, 0.1) is 6.10 Å². The number of pyridine rings is 1. The number of aryl methyl sites for hydroxylation is 1. The topological polar surface area (TPSA) is 62.2 Å². The fraction of sp³-hybridized carbons (Fsp3) is 0.455. The van der Waals surface area contributed by atoms with Gasteiger partial charge in [-0.1, -0.05) is 6.07 Å². The normalized spacial score (nSPS) is 24.4. The average molecular weight is 206 g/mol. The summed E-state index contributed by atoms with van der Waals surface area (Å²) in [5.74, 6) is -0.157. The maximum Gasteiger partial charge on any atom is 0.270 e. The highest BCUT2D eigenvalue weighted by Gasteiger charge is 2.28. The highest BCUT2D eigenvalue weighted by molar-refractivity contribution is 5.92. The molecule has 15 heavy (non-hydrogen) atoms. The van der Waals surface area contributed by atoms with E-state index in [1.54, 1.807) is 6.07 Å². The predicted molar refractivity (Wildman–Crippen MR) is 55.5 cm³/mol. The maximum atomic E-state index is 11.7. The molecule has 80 valence electrons. The third-order valence-corrected chi connectivity index (χ3v) is 2.57. The first kappa shape index (κ1) is 10.1. The molecule has 0 radical (unpaired) electrons. The van der Waals surface area contributed by atoms with Crippen LogP contribution in [0.1, 0.15) is 29.0 Å². The van der Waals surface area contributed by atoms with Crippen LogP contribution in [0.2, 0.25) is 0 Å². The fourth-order valence-corrected chi connectivity index (χ4v) is 1.63. The van der Waals surface area contributed by atoms with Crippen LogP contribution in [-0.2, 0) is 0 Å². The zero-order chi connectivity index (χ0) is 10.8. The van der Waals surface area contributed by atoms with E-state index in [9.17, 15) is 4.79 Å². The van der Waals surface area contributed by atoms with Gasteiger partial charge in [-0.2, -0.15) is 0 Å². The molecule has 0 aliphatic heterocycles. The van der Waals surface area contributed by atoms with Gasteiger partial charge in [0.25, 0.3) is 5.91 Å². The van der Waals surface area contributed by atoms with Crippen molar-refractivity contribution < 1.29 is 9.90 Å². The summed E-state index contributed by atoms with van der Waals surface area (Å²) in [6, 6.07) is 5.46. The molecule has 0 atom stereocenters. The fourth-order valence-electron chi connectivity index (χ4n) is 1.63. The van der Waals surface area contributed by atoms with Gasteiger partial charge in [0, 0.05) is 11.7 Å². The number of aliphatic hydroxyl groups excluding tert-OH is 1. The first-order chi connectivity index (χ1) is 7.15. The average Bonchev–Trinajstić information content (AvgIpc) is 2.15. The molecule has 1 heterocycles. The van der Waals surface area contributed by atoms with Crippen LogP contribution in [0.4, 0.5) is 0 Å². The molecule has 1 fully saturated rings. The number of nitrogens with zero attached hydrogens (tertiary/aromatic N) is 1. The molecule has 1 aliphatic rings. The molecule has 1 aromatic rings. The van der Waals surface area contributed by atoms with Crippen LogP contribution in [0.5, 0.6) is 0 Å². The SMILES string of the molecule is Cc1cccc(C(=O)NC2CC(O)C2)n1. The highest BCUT2D eigenvalue weighted by atomic mass is 16.3. The first-order valence-electron chi connectivity index (χ1n) is 5.08. The second kappa shape index (κ2) is 3.98. The number of hydrogen-bond acceptors (Lipinski definition) is 3. The number of aliphatic hydroxyl groups is 1. The summed E-state index contributed by atoms with van der Waals surface area (Å²) < 4.78 is 0. The van der Waals surface area contributed by atoms with E-state index in [-0.39, 0.29) is 18.1 Å². The number of rotatable bonds is 2. The lowest BCUT2D eigenvalue weighted by Gasteiger charge is -2.31. The van der Waals surface area contributed by atoms with Gasteiger partial charge in [0.1, 0.15) is 5.69 Å². The molecule has 2 rings (SSSR count). The molecule has 0 aromatic carbocycles. The summed E-state index contributed by atoms with van der Waals surface area (Å²) in [7, 11) is 0. The van der Waals surface area contributed by atoms with E-state index in [0.29, 0.717) is 18.5 Å². The Labute approximate surface area is 88.3 Å². The van der Waals surface area contributed by atoms with Crippen LogP contribution in [0.25, 0.3) is 0 Å².